The van der Waals surface area contributed by atoms with Crippen molar-refractivity contribution in [3.8, 4) is 22.5 Å². The summed E-state index contributed by atoms with van der Waals surface area (Å²) < 4.78 is 13.6. The van der Waals surface area contributed by atoms with Crippen molar-refractivity contribution in [1.82, 2.24) is 20.1 Å². The van der Waals surface area contributed by atoms with Crippen molar-refractivity contribution in [2.75, 3.05) is 49.4 Å². The Morgan fingerprint density at radius 1 is 0.807 bits per heavy atom. The van der Waals surface area contributed by atoms with E-state index in [0.29, 0.717) is 72.7 Å². The molecule has 17 heteroatoms. The first kappa shape index (κ1) is 40.6. The molecule has 5 rings (SSSR count). The number of H-pyrrole nitrogens is 1. The monoisotopic (exact) mass is 788 g/mol. The molecule has 5 amide bonds. The number of methoxy groups -OCH3 is 1. The Kier molecular flexibility index (Phi) is 13.3. The van der Waals surface area contributed by atoms with Gasteiger partial charge < -0.3 is 51.8 Å². The summed E-state index contributed by atoms with van der Waals surface area (Å²) in [6.45, 7) is 8.11. The zero-order chi connectivity index (χ0) is 42.3. The van der Waals surface area contributed by atoms with Crippen molar-refractivity contribution >= 4 is 58.9 Å². The molecule has 8 N–H and O–H groups in total. The van der Waals surface area contributed by atoms with Gasteiger partial charge in [-0.1, -0.05) is 39.8 Å². The molecule has 4 atom stereocenters. The SMILES string of the molecule is [2H]n1c(-c2ccc(NC(=O)C3CCCN3C(=O)C(N=COOC)C(C)C)c(N)c2)ccc1-c1ccc(NC(=O)C2CCCN2C(=O)C(NC(=O)OC)C(C)C)c(N)c1. The summed E-state index contributed by atoms with van der Waals surface area (Å²) in [4.78, 5) is 83.4. The number of rotatable bonds is 14. The molecule has 2 aliphatic rings. The molecule has 1 aromatic heterocycles. The highest BCUT2D eigenvalue weighted by molar-refractivity contribution is 6.02. The second kappa shape index (κ2) is 18.7. The quantitative estimate of drug-likeness (QED) is 0.0443. The molecule has 3 aromatic rings. The summed E-state index contributed by atoms with van der Waals surface area (Å²) in [5.41, 5.74) is 16.4. The largest absolute Gasteiger partial charge is 0.453 e. The van der Waals surface area contributed by atoms with Crippen LogP contribution in [0.15, 0.2) is 53.5 Å². The number of alkyl carbamates (subject to hydrolysis) is 1. The summed E-state index contributed by atoms with van der Waals surface area (Å²) in [5, 5.41) is 8.30. The fourth-order valence-corrected chi connectivity index (χ4v) is 7.10. The van der Waals surface area contributed by atoms with Crippen molar-refractivity contribution in [3.63, 3.8) is 0 Å². The number of amides is 5. The van der Waals surface area contributed by atoms with Crippen molar-refractivity contribution in [2.45, 2.75) is 77.5 Å². The first-order valence-corrected chi connectivity index (χ1v) is 19.0. The highest BCUT2D eigenvalue weighted by Crippen LogP contribution is 2.33. The molecule has 2 saturated heterocycles. The molecule has 0 saturated carbocycles. The maximum atomic E-state index is 13.5. The van der Waals surface area contributed by atoms with Crippen molar-refractivity contribution in [3.05, 3.63) is 48.5 Å². The molecule has 17 nitrogen and oxygen atoms in total. The van der Waals surface area contributed by atoms with Gasteiger partial charge in [-0.15, -0.1) is 0 Å². The molecule has 0 spiro atoms. The minimum atomic E-state index is -0.856. The lowest BCUT2D eigenvalue weighted by atomic mass is 10.0. The Bertz CT molecular complexity index is 2040. The topological polar surface area (TPSA) is 236 Å². The summed E-state index contributed by atoms with van der Waals surface area (Å²) in [7, 11) is 2.55. The van der Waals surface area contributed by atoms with E-state index in [1.54, 1.807) is 67.3 Å². The van der Waals surface area contributed by atoms with Gasteiger partial charge in [-0.05, 0) is 73.9 Å². The summed E-state index contributed by atoms with van der Waals surface area (Å²) in [5.74, 6) is -1.79. The Morgan fingerprint density at radius 3 is 1.75 bits per heavy atom. The van der Waals surface area contributed by atoms with E-state index in [1.165, 1.54) is 24.1 Å². The normalized spacial score (nSPS) is 18.1. The van der Waals surface area contributed by atoms with E-state index in [1.807, 2.05) is 13.8 Å². The maximum Gasteiger partial charge on any atom is 0.407 e. The van der Waals surface area contributed by atoms with E-state index in [2.05, 4.69) is 30.6 Å². The predicted molar refractivity (Wildman–Crippen MR) is 217 cm³/mol. The zero-order valence-corrected chi connectivity index (χ0v) is 33.1. The number of ether oxygens (including phenoxy) is 1. The standard InChI is InChI=1S/C40H53N9O8/c1-22(2)34(43-21-57-56-6)38(52)48-17-7-9-32(48)36(50)45-30-13-11-24(19-26(30)41)28-15-16-29(44-28)25-12-14-31(27(42)20-25)46-37(51)33-10-8-18-49(33)39(53)35(23(3)4)47-40(54)55-5/h11-16,19-23,32-35,44H,7-10,17-18,41-42H2,1-6H3,(H,45,50)(H,46,51)(H,47,54)/i/hD. The van der Waals surface area contributed by atoms with Crippen LogP contribution < -0.4 is 27.4 Å². The van der Waals surface area contributed by atoms with Gasteiger partial charge in [0, 0.05) is 35.6 Å². The molecule has 57 heavy (non-hydrogen) atoms. The van der Waals surface area contributed by atoms with Gasteiger partial charge in [-0.25, -0.2) is 9.79 Å². The number of carbonyl (C=O) groups is 5. The third kappa shape index (κ3) is 9.83. The van der Waals surface area contributed by atoms with Gasteiger partial charge in [0.1, 0.15) is 24.2 Å². The third-order valence-electron chi connectivity index (χ3n) is 10.2. The second-order valence-electron chi connectivity index (χ2n) is 14.7. The molecule has 3 heterocycles. The average molecular weight is 789 g/mol. The minimum Gasteiger partial charge on any atom is -0.453 e. The van der Waals surface area contributed by atoms with Gasteiger partial charge in [0.05, 0.1) is 37.0 Å². The van der Waals surface area contributed by atoms with Crippen molar-refractivity contribution in [1.29, 1.82) is 0 Å². The van der Waals surface area contributed by atoms with Crippen LogP contribution in [-0.2, 0) is 33.7 Å². The zero-order valence-electron chi connectivity index (χ0n) is 34.1. The Morgan fingerprint density at radius 2 is 1.32 bits per heavy atom. The molecule has 0 bridgehead atoms. The predicted octanol–water partition coefficient (Wildman–Crippen LogP) is 4.38. The van der Waals surface area contributed by atoms with Crippen LogP contribution in [0.3, 0.4) is 0 Å². The van der Waals surface area contributed by atoms with Gasteiger partial charge in [0.15, 0.2) is 1.41 Å². The van der Waals surface area contributed by atoms with Crippen LogP contribution in [0.2, 0.25) is 1.41 Å². The molecule has 2 aromatic carbocycles. The highest BCUT2D eigenvalue weighted by Gasteiger charge is 2.40. The van der Waals surface area contributed by atoms with Gasteiger partial charge in [0.2, 0.25) is 30.0 Å². The number of aromatic nitrogens is 1. The number of aliphatic imine (C=N–C) groups is 1. The molecule has 2 fully saturated rings. The number of nitrogens with zero attached hydrogens (tertiary/aromatic N) is 3. The number of carbonyl (C=O) groups excluding carboxylic acids is 5. The van der Waals surface area contributed by atoms with E-state index >= 15 is 0 Å². The van der Waals surface area contributed by atoms with Crippen LogP contribution >= 0.6 is 0 Å². The third-order valence-corrected chi connectivity index (χ3v) is 10.2. The lowest BCUT2D eigenvalue weighted by molar-refractivity contribution is -0.188. The van der Waals surface area contributed by atoms with E-state index < -0.39 is 36.2 Å². The summed E-state index contributed by atoms with van der Waals surface area (Å²) in [6.07, 6.45) is 2.57. The number of benzene rings is 2. The Labute approximate surface area is 333 Å². The molecular formula is C40H53N9O8. The minimum absolute atomic E-state index is 0.144. The van der Waals surface area contributed by atoms with Crippen LogP contribution in [0, 0.1) is 11.8 Å². The number of anilines is 4. The van der Waals surface area contributed by atoms with Crippen LogP contribution in [-0.4, -0.2) is 102 Å². The Balaban J connectivity index is 1.25. The lowest BCUT2D eigenvalue weighted by Gasteiger charge is -2.30. The molecule has 2 aliphatic heterocycles. The first-order chi connectivity index (χ1) is 27.7. The molecule has 306 valence electrons. The average Bonchev–Trinajstić information content (AvgIpc) is 3.97. The van der Waals surface area contributed by atoms with Gasteiger partial charge in [-0.3, -0.25) is 19.2 Å². The number of nitrogens with two attached hydrogens (primary N) is 2. The number of nitrogens with one attached hydrogen (secondary N) is 4. The highest BCUT2D eigenvalue weighted by atomic mass is 17.2. The molecule has 0 aliphatic carbocycles. The second-order valence-corrected chi connectivity index (χ2v) is 14.7. The maximum absolute atomic E-state index is 13.5. The number of hydrogen-bond donors (Lipinski definition) is 6. The van der Waals surface area contributed by atoms with E-state index in [0.717, 1.165) is 6.40 Å². The van der Waals surface area contributed by atoms with Crippen LogP contribution in [0.25, 0.3) is 22.5 Å². The van der Waals surface area contributed by atoms with Crippen LogP contribution in [0.4, 0.5) is 27.5 Å². The van der Waals surface area contributed by atoms with Gasteiger partial charge >= 0.3 is 6.09 Å². The number of hydrogen-bond acceptors (Lipinski definition) is 11. The fraction of sp³-hybridized carbons (Fsp3) is 0.450. The number of aromatic amines is 1. The number of likely N-dealkylation sites (tertiary alicyclic amines) is 2. The van der Waals surface area contributed by atoms with Crippen LogP contribution in [0.1, 0.15) is 53.4 Å². The van der Waals surface area contributed by atoms with Gasteiger partial charge in [0.25, 0.3) is 0 Å². The van der Waals surface area contributed by atoms with E-state index in [9.17, 15) is 24.0 Å². The van der Waals surface area contributed by atoms with E-state index in [-0.39, 0.29) is 40.9 Å². The summed E-state index contributed by atoms with van der Waals surface area (Å²) >= 11 is 0. The van der Waals surface area contributed by atoms with Crippen molar-refractivity contribution < 1.29 is 39.9 Å². The Hall–Kier alpha value is -6.10. The van der Waals surface area contributed by atoms with Gasteiger partial charge in [-0.2, -0.15) is 4.89 Å². The van der Waals surface area contributed by atoms with Crippen LogP contribution in [0.5, 0.6) is 0 Å². The molecule has 0 radical (unpaired) electrons. The smallest absolute Gasteiger partial charge is 0.407 e. The lowest BCUT2D eigenvalue weighted by Crippen LogP contribution is -2.54. The summed E-state index contributed by atoms with van der Waals surface area (Å²) in [6, 6.07) is 10.6. The molecule has 4 unspecified atom stereocenters. The number of nitrogen functional groups attached to an aromatic ring is 2. The fourth-order valence-electron chi connectivity index (χ4n) is 7.10. The molecular weight excluding hydrogens is 734 g/mol. The van der Waals surface area contributed by atoms with Crippen molar-refractivity contribution in [2.24, 2.45) is 16.8 Å². The first-order valence-electron chi connectivity index (χ1n) is 19.4. The van der Waals surface area contributed by atoms with E-state index in [4.69, 9.17) is 17.8 Å².